The van der Waals surface area contributed by atoms with Crippen molar-refractivity contribution in [3.8, 4) is 0 Å². The molecule has 0 spiro atoms. The zero-order chi connectivity index (χ0) is 11.5. The highest BCUT2D eigenvalue weighted by atomic mass is 16.4. The Morgan fingerprint density at radius 1 is 1.40 bits per heavy atom. The largest absolute Gasteiger partial charge is 0.481 e. The molecule has 0 unspecified atom stereocenters. The van der Waals surface area contributed by atoms with Gasteiger partial charge in [-0.2, -0.15) is 0 Å². The van der Waals surface area contributed by atoms with Crippen molar-refractivity contribution >= 4 is 11.9 Å². The molecule has 1 aliphatic rings. The number of hydrogen-bond acceptors (Lipinski definition) is 2. The zero-order valence-electron chi connectivity index (χ0n) is 9.17. The molecule has 4 nitrogen and oxygen atoms in total. The van der Waals surface area contributed by atoms with Crippen LogP contribution >= 0.6 is 0 Å². The minimum Gasteiger partial charge on any atom is -0.481 e. The van der Waals surface area contributed by atoms with Crippen LogP contribution in [0.1, 0.15) is 39.5 Å². The molecule has 0 radical (unpaired) electrons. The molecule has 15 heavy (non-hydrogen) atoms. The quantitative estimate of drug-likeness (QED) is 0.692. The number of carbonyl (C=O) groups is 2. The number of amides is 1. The number of hydrogen-bond donors (Lipinski definition) is 2. The molecule has 84 valence electrons. The molecular weight excluding hydrogens is 194 g/mol. The highest BCUT2D eigenvalue weighted by Crippen LogP contribution is 2.34. The maximum absolute atomic E-state index is 11.5. The Labute approximate surface area is 89.4 Å². The number of nitrogens with one attached hydrogen (secondary N) is 1. The first kappa shape index (κ1) is 11.8. The van der Waals surface area contributed by atoms with Gasteiger partial charge >= 0.3 is 5.97 Å². The fraction of sp³-hybridized carbons (Fsp3) is 0.636. The molecule has 4 heteroatoms. The second-order valence-corrected chi connectivity index (χ2v) is 4.42. The molecule has 0 heterocycles. The van der Waals surface area contributed by atoms with E-state index in [0.29, 0.717) is 0 Å². The van der Waals surface area contributed by atoms with Crippen molar-refractivity contribution < 1.29 is 14.7 Å². The first-order valence-corrected chi connectivity index (χ1v) is 5.12. The number of carbonyl (C=O) groups excluding carboxylic acids is 1. The zero-order valence-corrected chi connectivity index (χ0v) is 9.17. The molecule has 2 N–H and O–H groups in total. The lowest BCUT2D eigenvalue weighted by molar-refractivity contribution is -0.140. The average Bonchev–Trinajstić information content (AvgIpc) is 1.97. The number of rotatable bonds is 4. The summed E-state index contributed by atoms with van der Waals surface area (Å²) in [6.45, 7) is 3.68. The van der Waals surface area contributed by atoms with Crippen molar-refractivity contribution in [2.24, 2.45) is 0 Å². The molecule has 0 bridgehead atoms. The summed E-state index contributed by atoms with van der Waals surface area (Å²) >= 11 is 0. The van der Waals surface area contributed by atoms with E-state index < -0.39 is 11.5 Å². The topological polar surface area (TPSA) is 66.4 Å². The van der Waals surface area contributed by atoms with Crippen LogP contribution in [-0.2, 0) is 9.59 Å². The van der Waals surface area contributed by atoms with Crippen LogP contribution in [0.25, 0.3) is 0 Å². The third kappa shape index (κ3) is 3.38. The van der Waals surface area contributed by atoms with Gasteiger partial charge in [0, 0.05) is 6.08 Å². The standard InChI is InChI=1S/C11H17NO3/c1-8(2)6-9(13)12-11(4-3-5-11)7-10(14)15/h6H,3-5,7H2,1-2H3,(H,12,13)(H,14,15). The molecule has 0 saturated heterocycles. The molecular formula is C11H17NO3. The van der Waals surface area contributed by atoms with Crippen molar-refractivity contribution in [1.82, 2.24) is 5.32 Å². The van der Waals surface area contributed by atoms with E-state index in [1.54, 1.807) is 0 Å². The summed E-state index contributed by atoms with van der Waals surface area (Å²) in [5.41, 5.74) is 0.423. The van der Waals surface area contributed by atoms with Gasteiger partial charge in [-0.3, -0.25) is 9.59 Å². The van der Waals surface area contributed by atoms with Crippen LogP contribution < -0.4 is 5.32 Å². The Hall–Kier alpha value is -1.32. The van der Waals surface area contributed by atoms with Gasteiger partial charge in [-0.1, -0.05) is 5.57 Å². The first-order chi connectivity index (χ1) is 6.93. The van der Waals surface area contributed by atoms with Crippen molar-refractivity contribution in [3.63, 3.8) is 0 Å². The monoisotopic (exact) mass is 211 g/mol. The summed E-state index contributed by atoms with van der Waals surface area (Å²) in [6.07, 6.45) is 4.04. The van der Waals surface area contributed by atoms with E-state index in [2.05, 4.69) is 5.32 Å². The molecule has 0 atom stereocenters. The van der Waals surface area contributed by atoms with E-state index in [4.69, 9.17) is 5.11 Å². The molecule has 0 aromatic heterocycles. The van der Waals surface area contributed by atoms with E-state index in [9.17, 15) is 9.59 Å². The molecule has 0 aliphatic heterocycles. The Morgan fingerprint density at radius 3 is 2.33 bits per heavy atom. The summed E-state index contributed by atoms with van der Waals surface area (Å²) in [4.78, 5) is 22.1. The molecule has 1 fully saturated rings. The fourth-order valence-electron chi connectivity index (χ4n) is 1.80. The summed E-state index contributed by atoms with van der Waals surface area (Å²) in [5.74, 6) is -1.04. The maximum Gasteiger partial charge on any atom is 0.305 e. The minimum atomic E-state index is -0.854. The van der Waals surface area contributed by atoms with Crippen LogP contribution in [0.5, 0.6) is 0 Å². The van der Waals surface area contributed by atoms with E-state index >= 15 is 0 Å². The van der Waals surface area contributed by atoms with Crippen LogP contribution in [0, 0.1) is 0 Å². The van der Waals surface area contributed by atoms with Gasteiger partial charge < -0.3 is 10.4 Å². The summed E-state index contributed by atoms with van der Waals surface area (Å²) in [6, 6.07) is 0. The highest BCUT2D eigenvalue weighted by Gasteiger charge is 2.39. The van der Waals surface area contributed by atoms with E-state index in [1.165, 1.54) is 6.08 Å². The van der Waals surface area contributed by atoms with Gasteiger partial charge in [-0.15, -0.1) is 0 Å². The molecule has 1 rings (SSSR count). The van der Waals surface area contributed by atoms with Gasteiger partial charge in [0.2, 0.25) is 5.91 Å². The average molecular weight is 211 g/mol. The number of aliphatic carboxylic acids is 1. The minimum absolute atomic E-state index is 0.0232. The summed E-state index contributed by atoms with van der Waals surface area (Å²) in [5, 5.41) is 11.5. The number of carboxylic acid groups (broad SMARTS) is 1. The lowest BCUT2D eigenvalue weighted by Crippen LogP contribution is -2.54. The van der Waals surface area contributed by atoms with Gasteiger partial charge in [-0.25, -0.2) is 0 Å². The van der Waals surface area contributed by atoms with Crippen LogP contribution in [0.4, 0.5) is 0 Å². The van der Waals surface area contributed by atoms with Crippen LogP contribution in [0.15, 0.2) is 11.6 Å². The number of carboxylic acids is 1. The lowest BCUT2D eigenvalue weighted by Gasteiger charge is -2.41. The third-order valence-electron chi connectivity index (χ3n) is 2.61. The predicted molar refractivity (Wildman–Crippen MR) is 56.4 cm³/mol. The SMILES string of the molecule is CC(C)=CC(=O)NC1(CC(=O)O)CCC1. The highest BCUT2D eigenvalue weighted by molar-refractivity contribution is 5.89. The van der Waals surface area contributed by atoms with E-state index in [0.717, 1.165) is 24.8 Å². The van der Waals surface area contributed by atoms with Gasteiger partial charge in [0.15, 0.2) is 0 Å². The Bertz CT molecular complexity index is 299. The molecule has 0 aromatic carbocycles. The maximum atomic E-state index is 11.5. The van der Waals surface area contributed by atoms with Gasteiger partial charge in [0.1, 0.15) is 0 Å². The predicted octanol–water partition coefficient (Wildman–Crippen LogP) is 1.47. The van der Waals surface area contributed by atoms with Crippen LogP contribution in [-0.4, -0.2) is 22.5 Å². The van der Waals surface area contributed by atoms with Crippen molar-refractivity contribution in [1.29, 1.82) is 0 Å². The fourth-order valence-corrected chi connectivity index (χ4v) is 1.80. The lowest BCUT2D eigenvalue weighted by atomic mass is 9.74. The van der Waals surface area contributed by atoms with Gasteiger partial charge in [-0.05, 0) is 33.1 Å². The van der Waals surface area contributed by atoms with Gasteiger partial charge in [0.05, 0.1) is 12.0 Å². The molecule has 0 aromatic rings. The van der Waals surface area contributed by atoms with Crippen LogP contribution in [0.3, 0.4) is 0 Å². The van der Waals surface area contributed by atoms with Crippen molar-refractivity contribution in [2.45, 2.75) is 45.1 Å². The molecule has 1 saturated carbocycles. The normalized spacial score (nSPS) is 17.5. The smallest absolute Gasteiger partial charge is 0.305 e. The van der Waals surface area contributed by atoms with Gasteiger partial charge in [0.25, 0.3) is 0 Å². The second kappa shape index (κ2) is 4.47. The van der Waals surface area contributed by atoms with E-state index in [1.807, 2.05) is 13.8 Å². The Kier molecular flexibility index (Phi) is 3.50. The van der Waals surface area contributed by atoms with Crippen LogP contribution in [0.2, 0.25) is 0 Å². The second-order valence-electron chi connectivity index (χ2n) is 4.42. The summed E-state index contributed by atoms with van der Waals surface area (Å²) in [7, 11) is 0. The van der Waals surface area contributed by atoms with Crippen molar-refractivity contribution in [2.75, 3.05) is 0 Å². The first-order valence-electron chi connectivity index (χ1n) is 5.12. The molecule has 1 amide bonds. The molecule has 1 aliphatic carbocycles. The Morgan fingerprint density at radius 2 is 2.00 bits per heavy atom. The Balaban J connectivity index is 2.57. The summed E-state index contributed by atoms with van der Waals surface area (Å²) < 4.78 is 0. The van der Waals surface area contributed by atoms with E-state index in [-0.39, 0.29) is 12.3 Å². The third-order valence-corrected chi connectivity index (χ3v) is 2.61. The van der Waals surface area contributed by atoms with Crippen molar-refractivity contribution in [3.05, 3.63) is 11.6 Å². The number of allylic oxidation sites excluding steroid dienone is 1.